The van der Waals surface area contributed by atoms with Crippen LogP contribution in [0.4, 0.5) is 0 Å². The van der Waals surface area contributed by atoms with E-state index in [1.807, 2.05) is 18.5 Å². The summed E-state index contributed by atoms with van der Waals surface area (Å²) in [6.07, 6.45) is 3.74. The van der Waals surface area contributed by atoms with Gasteiger partial charge in [0.2, 0.25) is 0 Å². The van der Waals surface area contributed by atoms with Crippen LogP contribution < -0.4 is 14.8 Å². The second-order valence-electron chi connectivity index (χ2n) is 7.16. The maximum Gasteiger partial charge on any atom is 0.161 e. The molecule has 1 aromatic carbocycles. The van der Waals surface area contributed by atoms with Gasteiger partial charge in [-0.05, 0) is 41.3 Å². The Balaban J connectivity index is 1.76. The molecule has 1 unspecified atom stereocenters. The van der Waals surface area contributed by atoms with E-state index in [9.17, 15) is 0 Å². The molecule has 26 heavy (non-hydrogen) atoms. The Kier molecular flexibility index (Phi) is 6.47. The van der Waals surface area contributed by atoms with Gasteiger partial charge in [0.1, 0.15) is 0 Å². The third-order valence-corrected chi connectivity index (χ3v) is 4.63. The van der Waals surface area contributed by atoms with Crippen LogP contribution in [0.15, 0.2) is 42.7 Å². The van der Waals surface area contributed by atoms with Gasteiger partial charge in [-0.15, -0.1) is 0 Å². The summed E-state index contributed by atoms with van der Waals surface area (Å²) in [5.74, 6) is 2.10. The number of pyridine rings is 1. The fourth-order valence-corrected chi connectivity index (χ4v) is 3.27. The summed E-state index contributed by atoms with van der Waals surface area (Å²) < 4.78 is 11.4. The molecule has 1 aliphatic rings. The summed E-state index contributed by atoms with van der Waals surface area (Å²) in [6.45, 7) is 8.85. The Bertz CT molecular complexity index is 691. The molecule has 5 nitrogen and oxygen atoms in total. The van der Waals surface area contributed by atoms with Crippen LogP contribution in [0.3, 0.4) is 0 Å². The molecule has 140 valence electrons. The highest BCUT2D eigenvalue weighted by molar-refractivity contribution is 5.43. The topological polar surface area (TPSA) is 46.6 Å². The van der Waals surface area contributed by atoms with Crippen molar-refractivity contribution in [2.75, 3.05) is 33.4 Å². The van der Waals surface area contributed by atoms with Gasteiger partial charge in [0, 0.05) is 44.6 Å². The van der Waals surface area contributed by atoms with E-state index in [0.29, 0.717) is 18.6 Å². The highest BCUT2D eigenvalue weighted by Gasteiger charge is 2.24. The molecule has 2 heterocycles. The standard InChI is InChI=1S/C21H29N3O2/c1-16(2)15-26-21-12-17(4-5-20(21)25-3)14-24-11-10-23-13-19(24)18-6-8-22-9-7-18/h4-9,12,16,19,23H,10-11,13-15H2,1-3H3. The fraction of sp³-hybridized carbons (Fsp3) is 0.476. The Labute approximate surface area is 156 Å². The van der Waals surface area contributed by atoms with E-state index >= 15 is 0 Å². The van der Waals surface area contributed by atoms with Crippen LogP contribution in [-0.2, 0) is 6.54 Å². The second-order valence-corrected chi connectivity index (χ2v) is 7.16. The lowest BCUT2D eigenvalue weighted by Crippen LogP contribution is -2.45. The van der Waals surface area contributed by atoms with Crippen LogP contribution in [0, 0.1) is 5.92 Å². The Morgan fingerprint density at radius 1 is 1.19 bits per heavy atom. The van der Waals surface area contributed by atoms with E-state index < -0.39 is 0 Å². The van der Waals surface area contributed by atoms with Crippen LogP contribution in [0.5, 0.6) is 11.5 Å². The number of nitrogens with one attached hydrogen (secondary N) is 1. The molecule has 0 saturated carbocycles. The first-order valence-corrected chi connectivity index (χ1v) is 9.31. The first-order chi connectivity index (χ1) is 12.7. The van der Waals surface area contributed by atoms with Gasteiger partial charge in [0.25, 0.3) is 0 Å². The van der Waals surface area contributed by atoms with E-state index in [2.05, 4.69) is 53.3 Å². The summed E-state index contributed by atoms with van der Waals surface area (Å²) in [6, 6.07) is 10.8. The first kappa shape index (κ1) is 18.7. The van der Waals surface area contributed by atoms with Gasteiger partial charge in [-0.2, -0.15) is 0 Å². The number of piperazine rings is 1. The smallest absolute Gasteiger partial charge is 0.161 e. The highest BCUT2D eigenvalue weighted by atomic mass is 16.5. The van der Waals surface area contributed by atoms with Crippen LogP contribution in [-0.4, -0.2) is 43.2 Å². The van der Waals surface area contributed by atoms with Crippen molar-refractivity contribution in [1.82, 2.24) is 15.2 Å². The fourth-order valence-electron chi connectivity index (χ4n) is 3.27. The molecule has 0 aliphatic carbocycles. The van der Waals surface area contributed by atoms with Crippen molar-refractivity contribution in [2.45, 2.75) is 26.4 Å². The van der Waals surface area contributed by atoms with Crippen molar-refractivity contribution < 1.29 is 9.47 Å². The van der Waals surface area contributed by atoms with Crippen molar-refractivity contribution in [3.05, 3.63) is 53.9 Å². The molecule has 1 saturated heterocycles. The van der Waals surface area contributed by atoms with Gasteiger partial charge < -0.3 is 14.8 Å². The van der Waals surface area contributed by atoms with Gasteiger partial charge in [0.05, 0.1) is 13.7 Å². The summed E-state index contributed by atoms with van der Waals surface area (Å²) in [5.41, 5.74) is 2.54. The predicted molar refractivity (Wildman–Crippen MR) is 104 cm³/mol. The zero-order valence-corrected chi connectivity index (χ0v) is 15.9. The molecule has 0 bridgehead atoms. The van der Waals surface area contributed by atoms with E-state index in [4.69, 9.17) is 9.47 Å². The first-order valence-electron chi connectivity index (χ1n) is 9.31. The van der Waals surface area contributed by atoms with Gasteiger partial charge in [-0.25, -0.2) is 0 Å². The van der Waals surface area contributed by atoms with Gasteiger partial charge >= 0.3 is 0 Å². The van der Waals surface area contributed by atoms with E-state index in [0.717, 1.165) is 37.7 Å². The molecule has 1 aromatic heterocycles. The van der Waals surface area contributed by atoms with Gasteiger partial charge in [-0.3, -0.25) is 9.88 Å². The largest absolute Gasteiger partial charge is 0.493 e. The summed E-state index contributed by atoms with van der Waals surface area (Å²) >= 11 is 0. The Morgan fingerprint density at radius 2 is 2.00 bits per heavy atom. The van der Waals surface area contributed by atoms with Gasteiger partial charge in [-0.1, -0.05) is 19.9 Å². The molecule has 1 N–H and O–H groups in total. The molecule has 0 spiro atoms. The summed E-state index contributed by atoms with van der Waals surface area (Å²) in [5, 5.41) is 3.50. The zero-order valence-electron chi connectivity index (χ0n) is 15.9. The second kappa shape index (κ2) is 9.01. The van der Waals surface area contributed by atoms with Crippen molar-refractivity contribution in [3.8, 4) is 11.5 Å². The molecule has 1 fully saturated rings. The lowest BCUT2D eigenvalue weighted by molar-refractivity contribution is 0.153. The molecule has 0 radical (unpaired) electrons. The van der Waals surface area contributed by atoms with Crippen LogP contribution >= 0.6 is 0 Å². The number of ether oxygens (including phenoxy) is 2. The SMILES string of the molecule is COc1ccc(CN2CCNCC2c2ccncc2)cc1OCC(C)C. The number of rotatable bonds is 7. The molecule has 1 aliphatic heterocycles. The van der Waals surface area contributed by atoms with Crippen molar-refractivity contribution in [1.29, 1.82) is 0 Å². The number of hydrogen-bond acceptors (Lipinski definition) is 5. The monoisotopic (exact) mass is 355 g/mol. The van der Waals surface area contributed by atoms with Crippen LogP contribution in [0.2, 0.25) is 0 Å². The summed E-state index contributed by atoms with van der Waals surface area (Å²) in [4.78, 5) is 6.66. The average molecular weight is 355 g/mol. The molecule has 2 aromatic rings. The average Bonchev–Trinajstić information content (AvgIpc) is 2.67. The Hall–Kier alpha value is -2.11. The minimum atomic E-state index is 0.355. The third-order valence-electron chi connectivity index (χ3n) is 4.63. The van der Waals surface area contributed by atoms with E-state index in [1.165, 1.54) is 11.1 Å². The number of benzene rings is 1. The minimum Gasteiger partial charge on any atom is -0.493 e. The molecule has 3 rings (SSSR count). The molecule has 1 atom stereocenters. The lowest BCUT2D eigenvalue weighted by atomic mass is 10.0. The quantitative estimate of drug-likeness (QED) is 0.826. The normalized spacial score (nSPS) is 18.1. The third kappa shape index (κ3) is 4.74. The van der Waals surface area contributed by atoms with Crippen molar-refractivity contribution >= 4 is 0 Å². The summed E-state index contributed by atoms with van der Waals surface area (Å²) in [7, 11) is 1.69. The molecule has 0 amide bonds. The Morgan fingerprint density at radius 3 is 2.73 bits per heavy atom. The lowest BCUT2D eigenvalue weighted by Gasteiger charge is -2.36. The maximum absolute atomic E-state index is 5.97. The molecular formula is C21H29N3O2. The minimum absolute atomic E-state index is 0.355. The maximum atomic E-state index is 5.97. The molecular weight excluding hydrogens is 326 g/mol. The number of aromatic nitrogens is 1. The zero-order chi connectivity index (χ0) is 18.4. The van der Waals surface area contributed by atoms with Crippen molar-refractivity contribution in [2.24, 2.45) is 5.92 Å². The van der Waals surface area contributed by atoms with Crippen molar-refractivity contribution in [3.63, 3.8) is 0 Å². The molecule has 5 heteroatoms. The predicted octanol–water partition coefficient (Wildman–Crippen LogP) is 3.27. The number of hydrogen-bond donors (Lipinski definition) is 1. The number of methoxy groups -OCH3 is 1. The highest BCUT2D eigenvalue weighted by Crippen LogP contribution is 2.30. The number of nitrogens with zero attached hydrogens (tertiary/aromatic N) is 2. The van der Waals surface area contributed by atoms with Crippen LogP contribution in [0.25, 0.3) is 0 Å². The van der Waals surface area contributed by atoms with Gasteiger partial charge in [0.15, 0.2) is 11.5 Å². The van der Waals surface area contributed by atoms with E-state index in [1.54, 1.807) is 7.11 Å². The van der Waals surface area contributed by atoms with E-state index in [-0.39, 0.29) is 0 Å². The van der Waals surface area contributed by atoms with Crippen LogP contribution in [0.1, 0.15) is 31.0 Å².